The first-order chi connectivity index (χ1) is 14.2. The fraction of sp³-hybridized carbons (Fsp3) is 0.304. The SMILES string of the molecule is O=C(CSc1ncc(-c2ccc(Br)cc2)o1)N1CCC(Cc2ccccc2)CC1. The predicted octanol–water partition coefficient (Wildman–Crippen LogP) is 5.68. The minimum absolute atomic E-state index is 0.163. The van der Waals surface area contributed by atoms with E-state index < -0.39 is 0 Å². The summed E-state index contributed by atoms with van der Waals surface area (Å²) < 4.78 is 6.82. The van der Waals surface area contributed by atoms with Gasteiger partial charge < -0.3 is 9.32 Å². The summed E-state index contributed by atoms with van der Waals surface area (Å²) in [6, 6.07) is 18.5. The van der Waals surface area contributed by atoms with Crippen molar-refractivity contribution in [2.45, 2.75) is 24.5 Å². The summed E-state index contributed by atoms with van der Waals surface area (Å²) in [4.78, 5) is 18.9. The number of oxazole rings is 1. The maximum Gasteiger partial charge on any atom is 0.256 e. The Morgan fingerprint density at radius 1 is 1.10 bits per heavy atom. The van der Waals surface area contributed by atoms with Gasteiger partial charge in [-0.05, 0) is 42.9 Å². The van der Waals surface area contributed by atoms with Crippen LogP contribution >= 0.6 is 27.7 Å². The molecule has 150 valence electrons. The smallest absolute Gasteiger partial charge is 0.256 e. The Balaban J connectivity index is 1.24. The van der Waals surface area contributed by atoms with E-state index in [-0.39, 0.29) is 5.91 Å². The van der Waals surface area contributed by atoms with Crippen LogP contribution in [0, 0.1) is 5.92 Å². The lowest BCUT2D eigenvalue weighted by Crippen LogP contribution is -2.39. The van der Waals surface area contributed by atoms with Gasteiger partial charge in [-0.1, -0.05) is 70.2 Å². The van der Waals surface area contributed by atoms with Gasteiger partial charge in [-0.25, -0.2) is 4.98 Å². The number of carbonyl (C=O) groups is 1. The van der Waals surface area contributed by atoms with Crippen LogP contribution in [0.5, 0.6) is 0 Å². The second-order valence-electron chi connectivity index (χ2n) is 7.30. The highest BCUT2D eigenvalue weighted by atomic mass is 79.9. The van der Waals surface area contributed by atoms with Crippen LogP contribution in [0.1, 0.15) is 18.4 Å². The van der Waals surface area contributed by atoms with Crippen molar-refractivity contribution < 1.29 is 9.21 Å². The molecule has 4 nitrogen and oxygen atoms in total. The van der Waals surface area contributed by atoms with Crippen LogP contribution in [-0.2, 0) is 11.2 Å². The van der Waals surface area contributed by atoms with E-state index in [1.54, 1.807) is 6.20 Å². The number of benzene rings is 2. The van der Waals surface area contributed by atoms with Crippen molar-refractivity contribution in [1.29, 1.82) is 0 Å². The van der Waals surface area contributed by atoms with Crippen LogP contribution < -0.4 is 0 Å². The Kier molecular flexibility index (Phi) is 6.72. The third-order valence-corrected chi connectivity index (χ3v) is 6.62. The van der Waals surface area contributed by atoms with E-state index >= 15 is 0 Å². The minimum Gasteiger partial charge on any atom is -0.431 e. The fourth-order valence-corrected chi connectivity index (χ4v) is 4.59. The van der Waals surface area contributed by atoms with E-state index in [1.807, 2.05) is 29.2 Å². The first kappa shape index (κ1) is 20.2. The molecular formula is C23H23BrN2O2S. The van der Waals surface area contributed by atoms with Gasteiger partial charge in [-0.2, -0.15) is 0 Å². The van der Waals surface area contributed by atoms with E-state index in [0.717, 1.165) is 42.4 Å². The molecule has 1 aliphatic heterocycles. The number of amides is 1. The van der Waals surface area contributed by atoms with E-state index in [2.05, 4.69) is 51.2 Å². The summed E-state index contributed by atoms with van der Waals surface area (Å²) in [6.07, 6.45) is 4.95. The average Bonchev–Trinajstić information content (AvgIpc) is 3.23. The molecule has 3 aromatic rings. The lowest BCUT2D eigenvalue weighted by molar-refractivity contribution is -0.129. The number of hydrogen-bond acceptors (Lipinski definition) is 4. The summed E-state index contributed by atoms with van der Waals surface area (Å²) in [5.74, 6) is 1.91. The van der Waals surface area contributed by atoms with Gasteiger partial charge in [0.1, 0.15) is 0 Å². The quantitative estimate of drug-likeness (QED) is 0.434. The Hall–Kier alpha value is -2.05. The average molecular weight is 471 g/mol. The third-order valence-electron chi connectivity index (χ3n) is 5.27. The van der Waals surface area contributed by atoms with E-state index in [9.17, 15) is 4.79 Å². The molecule has 0 N–H and O–H groups in total. The van der Waals surface area contributed by atoms with Crippen molar-refractivity contribution >= 4 is 33.6 Å². The number of likely N-dealkylation sites (tertiary alicyclic amines) is 1. The van der Waals surface area contributed by atoms with Gasteiger partial charge in [0, 0.05) is 23.1 Å². The number of piperidine rings is 1. The molecule has 2 heterocycles. The summed E-state index contributed by atoms with van der Waals surface area (Å²) in [5.41, 5.74) is 2.36. The van der Waals surface area contributed by atoms with Crippen molar-refractivity contribution in [3.8, 4) is 11.3 Å². The van der Waals surface area contributed by atoms with Crippen molar-refractivity contribution in [2.24, 2.45) is 5.92 Å². The van der Waals surface area contributed by atoms with Gasteiger partial charge in [-0.15, -0.1) is 0 Å². The normalized spacial score (nSPS) is 14.9. The molecule has 1 aliphatic rings. The summed E-state index contributed by atoms with van der Waals surface area (Å²) in [7, 11) is 0. The van der Waals surface area contributed by atoms with Crippen molar-refractivity contribution in [3.05, 3.63) is 70.8 Å². The molecule has 0 spiro atoms. The van der Waals surface area contributed by atoms with Crippen LogP contribution in [0.2, 0.25) is 0 Å². The lowest BCUT2D eigenvalue weighted by atomic mass is 9.90. The third kappa shape index (κ3) is 5.52. The fourth-order valence-electron chi connectivity index (χ4n) is 3.62. The lowest BCUT2D eigenvalue weighted by Gasteiger charge is -2.32. The monoisotopic (exact) mass is 470 g/mol. The molecule has 0 atom stereocenters. The van der Waals surface area contributed by atoms with Crippen LogP contribution in [0.25, 0.3) is 11.3 Å². The molecule has 1 fully saturated rings. The van der Waals surface area contributed by atoms with Gasteiger partial charge in [0.15, 0.2) is 5.76 Å². The molecule has 2 aromatic carbocycles. The van der Waals surface area contributed by atoms with Gasteiger partial charge in [0.05, 0.1) is 11.9 Å². The molecule has 1 amide bonds. The predicted molar refractivity (Wildman–Crippen MR) is 120 cm³/mol. The van der Waals surface area contributed by atoms with Crippen molar-refractivity contribution in [1.82, 2.24) is 9.88 Å². The molecule has 29 heavy (non-hydrogen) atoms. The highest BCUT2D eigenvalue weighted by Gasteiger charge is 2.23. The number of rotatable bonds is 6. The van der Waals surface area contributed by atoms with Crippen LogP contribution in [0.3, 0.4) is 0 Å². The topological polar surface area (TPSA) is 46.3 Å². The second-order valence-corrected chi connectivity index (χ2v) is 9.14. The van der Waals surface area contributed by atoms with Gasteiger partial charge >= 0.3 is 0 Å². The molecule has 0 radical (unpaired) electrons. The molecule has 4 rings (SSSR count). The van der Waals surface area contributed by atoms with Crippen molar-refractivity contribution in [2.75, 3.05) is 18.8 Å². The zero-order chi connectivity index (χ0) is 20.1. The summed E-state index contributed by atoms with van der Waals surface area (Å²) in [6.45, 7) is 1.68. The maximum atomic E-state index is 12.6. The number of nitrogens with zero attached hydrogens (tertiary/aromatic N) is 2. The number of hydrogen-bond donors (Lipinski definition) is 0. The molecule has 1 aromatic heterocycles. The first-order valence-corrected chi connectivity index (χ1v) is 11.6. The molecule has 6 heteroatoms. The highest BCUT2D eigenvalue weighted by molar-refractivity contribution is 9.10. The van der Waals surface area contributed by atoms with E-state index in [1.165, 1.54) is 17.3 Å². The maximum absolute atomic E-state index is 12.6. The van der Waals surface area contributed by atoms with Crippen LogP contribution in [0.15, 0.2) is 74.9 Å². The zero-order valence-corrected chi connectivity index (χ0v) is 18.5. The molecular weight excluding hydrogens is 448 g/mol. The first-order valence-electron chi connectivity index (χ1n) is 9.83. The molecule has 0 aliphatic carbocycles. The molecule has 0 unspecified atom stereocenters. The van der Waals surface area contributed by atoms with Crippen LogP contribution in [0.4, 0.5) is 0 Å². The molecule has 0 bridgehead atoms. The standard InChI is InChI=1S/C23H23BrN2O2S/c24-20-8-6-19(7-9-20)21-15-25-23(28-21)29-16-22(27)26-12-10-18(11-13-26)14-17-4-2-1-3-5-17/h1-9,15,18H,10-14,16H2. The van der Waals surface area contributed by atoms with E-state index in [4.69, 9.17) is 4.42 Å². The number of thioether (sulfide) groups is 1. The van der Waals surface area contributed by atoms with E-state index in [0.29, 0.717) is 22.7 Å². The zero-order valence-electron chi connectivity index (χ0n) is 16.1. The Morgan fingerprint density at radius 3 is 2.55 bits per heavy atom. The number of carbonyl (C=O) groups excluding carboxylic acids is 1. The Morgan fingerprint density at radius 2 is 1.83 bits per heavy atom. The molecule has 1 saturated heterocycles. The second kappa shape index (κ2) is 9.63. The summed E-state index contributed by atoms with van der Waals surface area (Å²) in [5, 5.41) is 0.537. The van der Waals surface area contributed by atoms with Gasteiger partial charge in [0.25, 0.3) is 5.22 Å². The largest absolute Gasteiger partial charge is 0.431 e. The minimum atomic E-state index is 0.163. The van der Waals surface area contributed by atoms with Gasteiger partial charge in [0.2, 0.25) is 5.91 Å². The highest BCUT2D eigenvalue weighted by Crippen LogP contribution is 2.27. The van der Waals surface area contributed by atoms with Gasteiger partial charge in [-0.3, -0.25) is 4.79 Å². The Bertz CT molecular complexity index is 935. The van der Waals surface area contributed by atoms with Crippen LogP contribution in [-0.4, -0.2) is 34.6 Å². The van der Waals surface area contributed by atoms with Crippen molar-refractivity contribution in [3.63, 3.8) is 0 Å². The Labute approximate surface area is 183 Å². The number of halogens is 1. The summed E-state index contributed by atoms with van der Waals surface area (Å²) >= 11 is 4.80. The number of aromatic nitrogens is 1. The molecule has 0 saturated carbocycles.